The molecule has 2 N–H and O–H groups in total. The number of nitrogen functional groups attached to an aromatic ring is 1. The van der Waals surface area contributed by atoms with Crippen molar-refractivity contribution in [2.24, 2.45) is 0 Å². The molecule has 0 spiro atoms. The standard InChI is InChI=1S/C17H20F3N3/c1-3-5-10-14-11(4-2)15(21)23-16(22-14)12-8-6-7-9-13(12)17(18,19)20/h6-9H,3-5,10H2,1-2H3,(H2,21,22,23). The van der Waals surface area contributed by atoms with Gasteiger partial charge in [-0.3, -0.25) is 0 Å². The van der Waals surface area contributed by atoms with E-state index in [2.05, 4.69) is 16.9 Å². The first kappa shape index (κ1) is 17.2. The third kappa shape index (κ3) is 3.81. The van der Waals surface area contributed by atoms with Crippen molar-refractivity contribution in [1.29, 1.82) is 0 Å². The third-order valence-corrected chi connectivity index (χ3v) is 3.72. The molecule has 0 bridgehead atoms. The lowest BCUT2D eigenvalue weighted by Crippen LogP contribution is -2.11. The van der Waals surface area contributed by atoms with Crippen LogP contribution in [0.15, 0.2) is 24.3 Å². The minimum atomic E-state index is -4.46. The van der Waals surface area contributed by atoms with E-state index in [-0.39, 0.29) is 17.2 Å². The number of halogens is 3. The van der Waals surface area contributed by atoms with Crippen molar-refractivity contribution >= 4 is 5.82 Å². The number of hydrogen-bond acceptors (Lipinski definition) is 3. The van der Waals surface area contributed by atoms with Crippen LogP contribution in [0.25, 0.3) is 11.4 Å². The normalized spacial score (nSPS) is 11.7. The van der Waals surface area contributed by atoms with Gasteiger partial charge in [-0.1, -0.05) is 38.5 Å². The zero-order chi connectivity index (χ0) is 17.0. The number of hydrogen-bond donors (Lipinski definition) is 1. The van der Waals surface area contributed by atoms with Crippen molar-refractivity contribution < 1.29 is 13.2 Å². The predicted octanol–water partition coefficient (Wildman–Crippen LogP) is 4.65. The molecule has 0 atom stereocenters. The summed E-state index contributed by atoms with van der Waals surface area (Å²) in [6, 6.07) is 5.32. The van der Waals surface area contributed by atoms with Gasteiger partial charge in [0.15, 0.2) is 5.82 Å². The van der Waals surface area contributed by atoms with Crippen molar-refractivity contribution in [2.45, 2.75) is 45.7 Å². The lowest BCUT2D eigenvalue weighted by atomic mass is 10.0. The molecule has 0 radical (unpaired) electrons. The quantitative estimate of drug-likeness (QED) is 0.871. The van der Waals surface area contributed by atoms with Gasteiger partial charge < -0.3 is 5.73 Å². The minimum absolute atomic E-state index is 0.0351. The molecule has 0 aliphatic rings. The van der Waals surface area contributed by atoms with Crippen LogP contribution in [-0.2, 0) is 19.0 Å². The summed E-state index contributed by atoms with van der Waals surface area (Å²) >= 11 is 0. The van der Waals surface area contributed by atoms with Gasteiger partial charge in [0, 0.05) is 16.8 Å². The number of aryl methyl sites for hydroxylation is 1. The fourth-order valence-electron chi connectivity index (χ4n) is 2.53. The van der Waals surface area contributed by atoms with Gasteiger partial charge in [0.2, 0.25) is 0 Å². The minimum Gasteiger partial charge on any atom is -0.383 e. The van der Waals surface area contributed by atoms with E-state index in [0.29, 0.717) is 12.8 Å². The molecule has 124 valence electrons. The third-order valence-electron chi connectivity index (χ3n) is 3.72. The molecule has 0 aliphatic heterocycles. The maximum atomic E-state index is 13.2. The van der Waals surface area contributed by atoms with E-state index in [0.717, 1.165) is 30.2 Å². The summed E-state index contributed by atoms with van der Waals surface area (Å²) in [5, 5.41) is 0. The average molecular weight is 323 g/mol. The Labute approximate surface area is 133 Å². The van der Waals surface area contributed by atoms with Crippen LogP contribution in [0.3, 0.4) is 0 Å². The van der Waals surface area contributed by atoms with E-state index < -0.39 is 11.7 Å². The van der Waals surface area contributed by atoms with Gasteiger partial charge in [-0.05, 0) is 25.3 Å². The molecule has 1 heterocycles. The summed E-state index contributed by atoms with van der Waals surface area (Å²) in [7, 11) is 0. The van der Waals surface area contributed by atoms with E-state index >= 15 is 0 Å². The van der Waals surface area contributed by atoms with Crippen molar-refractivity contribution in [3.8, 4) is 11.4 Å². The second-order valence-electron chi connectivity index (χ2n) is 5.36. The highest BCUT2D eigenvalue weighted by Crippen LogP contribution is 2.36. The molecule has 2 aromatic rings. The number of unbranched alkanes of at least 4 members (excludes halogenated alkanes) is 1. The molecular weight excluding hydrogens is 303 g/mol. The Morgan fingerprint density at radius 2 is 1.78 bits per heavy atom. The number of alkyl halides is 3. The topological polar surface area (TPSA) is 51.8 Å². The number of rotatable bonds is 5. The van der Waals surface area contributed by atoms with Gasteiger partial charge in [-0.2, -0.15) is 13.2 Å². The maximum Gasteiger partial charge on any atom is 0.417 e. The molecule has 0 saturated heterocycles. The molecule has 0 fully saturated rings. The van der Waals surface area contributed by atoms with Crippen LogP contribution in [0.4, 0.5) is 19.0 Å². The van der Waals surface area contributed by atoms with Gasteiger partial charge in [0.25, 0.3) is 0 Å². The average Bonchev–Trinajstić information content (AvgIpc) is 2.51. The SMILES string of the molecule is CCCCc1nc(-c2ccccc2C(F)(F)F)nc(N)c1CC. The summed E-state index contributed by atoms with van der Waals surface area (Å²) in [6.45, 7) is 3.99. The van der Waals surface area contributed by atoms with E-state index in [1.165, 1.54) is 12.1 Å². The zero-order valence-electron chi connectivity index (χ0n) is 13.2. The van der Waals surface area contributed by atoms with Gasteiger partial charge in [-0.25, -0.2) is 9.97 Å². The molecule has 3 nitrogen and oxygen atoms in total. The van der Waals surface area contributed by atoms with E-state index in [4.69, 9.17) is 5.73 Å². The Morgan fingerprint density at radius 3 is 2.39 bits per heavy atom. The van der Waals surface area contributed by atoms with E-state index in [1.807, 2.05) is 6.92 Å². The zero-order valence-corrected chi connectivity index (χ0v) is 13.2. The highest BCUT2D eigenvalue weighted by Gasteiger charge is 2.34. The summed E-state index contributed by atoms with van der Waals surface area (Å²) in [5.74, 6) is 0.305. The van der Waals surface area contributed by atoms with Crippen LogP contribution in [0.1, 0.15) is 43.5 Å². The molecule has 23 heavy (non-hydrogen) atoms. The highest BCUT2D eigenvalue weighted by molar-refractivity contribution is 5.63. The highest BCUT2D eigenvalue weighted by atomic mass is 19.4. The lowest BCUT2D eigenvalue weighted by Gasteiger charge is -2.15. The molecule has 0 unspecified atom stereocenters. The van der Waals surface area contributed by atoms with Crippen LogP contribution in [0.2, 0.25) is 0 Å². The molecule has 0 aliphatic carbocycles. The van der Waals surface area contributed by atoms with Crippen LogP contribution >= 0.6 is 0 Å². The molecule has 6 heteroatoms. The fraction of sp³-hybridized carbons (Fsp3) is 0.412. The predicted molar refractivity (Wildman–Crippen MR) is 84.9 cm³/mol. The van der Waals surface area contributed by atoms with Crippen LogP contribution in [-0.4, -0.2) is 9.97 Å². The Bertz CT molecular complexity index is 681. The first-order valence-corrected chi connectivity index (χ1v) is 7.70. The number of anilines is 1. The fourth-order valence-corrected chi connectivity index (χ4v) is 2.53. The summed E-state index contributed by atoms with van der Waals surface area (Å²) in [5.41, 5.74) is 6.76. The Hall–Kier alpha value is -2.11. The second kappa shape index (κ2) is 6.98. The molecule has 0 saturated carbocycles. The summed E-state index contributed by atoms with van der Waals surface area (Å²) in [4.78, 5) is 8.52. The van der Waals surface area contributed by atoms with Crippen LogP contribution in [0, 0.1) is 0 Å². The molecular formula is C17H20F3N3. The van der Waals surface area contributed by atoms with Crippen molar-refractivity contribution in [3.05, 3.63) is 41.1 Å². The first-order chi connectivity index (χ1) is 10.9. The van der Waals surface area contributed by atoms with Crippen molar-refractivity contribution in [2.75, 3.05) is 5.73 Å². The van der Waals surface area contributed by atoms with E-state index in [9.17, 15) is 13.2 Å². The lowest BCUT2D eigenvalue weighted by molar-refractivity contribution is -0.137. The second-order valence-corrected chi connectivity index (χ2v) is 5.36. The van der Waals surface area contributed by atoms with E-state index in [1.54, 1.807) is 6.07 Å². The largest absolute Gasteiger partial charge is 0.417 e. The van der Waals surface area contributed by atoms with Gasteiger partial charge in [-0.15, -0.1) is 0 Å². The van der Waals surface area contributed by atoms with Gasteiger partial charge >= 0.3 is 6.18 Å². The van der Waals surface area contributed by atoms with Gasteiger partial charge in [0.05, 0.1) is 5.56 Å². The first-order valence-electron chi connectivity index (χ1n) is 7.70. The Kier molecular flexibility index (Phi) is 5.23. The maximum absolute atomic E-state index is 13.2. The smallest absolute Gasteiger partial charge is 0.383 e. The molecule has 1 aromatic heterocycles. The van der Waals surface area contributed by atoms with Crippen LogP contribution in [0.5, 0.6) is 0 Å². The van der Waals surface area contributed by atoms with Gasteiger partial charge in [0.1, 0.15) is 5.82 Å². The Morgan fingerprint density at radius 1 is 1.09 bits per heavy atom. The molecule has 1 aromatic carbocycles. The van der Waals surface area contributed by atoms with Crippen LogP contribution < -0.4 is 5.73 Å². The molecule has 2 rings (SSSR count). The number of aromatic nitrogens is 2. The van der Waals surface area contributed by atoms with Crippen molar-refractivity contribution in [3.63, 3.8) is 0 Å². The Balaban J connectivity index is 2.59. The summed E-state index contributed by atoms with van der Waals surface area (Å²) in [6.07, 6.45) is -1.23. The molecule has 0 amide bonds. The monoisotopic (exact) mass is 323 g/mol. The number of nitrogens with two attached hydrogens (primary N) is 1. The number of benzene rings is 1. The number of nitrogens with zero attached hydrogens (tertiary/aromatic N) is 2. The summed E-state index contributed by atoms with van der Waals surface area (Å²) < 4.78 is 39.6. The van der Waals surface area contributed by atoms with Crippen molar-refractivity contribution in [1.82, 2.24) is 9.97 Å².